The van der Waals surface area contributed by atoms with Crippen LogP contribution in [0.5, 0.6) is 0 Å². The van der Waals surface area contributed by atoms with Gasteiger partial charge in [0.1, 0.15) is 6.20 Å². The van der Waals surface area contributed by atoms with E-state index in [0.717, 1.165) is 16.0 Å². The molecular formula is C14H16N4O. The molecule has 1 heterocycles. The monoisotopic (exact) mass is 256 g/mol. The largest absolute Gasteiger partial charge is 0.710 e. The molecule has 0 saturated heterocycles. The molecule has 2 rings (SSSR count). The first kappa shape index (κ1) is 13.0. The second-order valence-electron chi connectivity index (χ2n) is 4.45. The van der Waals surface area contributed by atoms with Crippen molar-refractivity contribution in [2.75, 3.05) is 14.1 Å². The van der Waals surface area contributed by atoms with Crippen LogP contribution < -0.4 is 4.73 Å². The quantitative estimate of drug-likeness (QED) is 0.619. The molecule has 0 spiro atoms. The van der Waals surface area contributed by atoms with E-state index in [2.05, 4.69) is 10.2 Å². The Balaban J connectivity index is 2.36. The van der Waals surface area contributed by atoms with Crippen molar-refractivity contribution in [3.8, 4) is 11.4 Å². The molecule has 0 radical (unpaired) electrons. The van der Waals surface area contributed by atoms with Crippen molar-refractivity contribution >= 4 is 6.08 Å². The summed E-state index contributed by atoms with van der Waals surface area (Å²) < 4.78 is 0.747. The maximum absolute atomic E-state index is 12.0. The summed E-state index contributed by atoms with van der Waals surface area (Å²) in [5, 5.41) is 20.0. The summed E-state index contributed by atoms with van der Waals surface area (Å²) in [6.45, 7) is 1.95. The Kier molecular flexibility index (Phi) is 3.75. The number of aromatic nitrogens is 3. The Morgan fingerprint density at radius 3 is 2.47 bits per heavy atom. The Morgan fingerprint density at radius 1 is 1.21 bits per heavy atom. The lowest BCUT2D eigenvalue weighted by molar-refractivity contribution is -0.597. The minimum absolute atomic E-state index is 0.306. The van der Waals surface area contributed by atoms with Crippen molar-refractivity contribution in [2.45, 2.75) is 6.92 Å². The number of nitrogens with zero attached hydrogens (tertiary/aromatic N) is 4. The van der Waals surface area contributed by atoms with E-state index in [1.807, 2.05) is 62.3 Å². The molecule has 5 heteroatoms. The molecule has 0 saturated carbocycles. The van der Waals surface area contributed by atoms with Gasteiger partial charge in [0, 0.05) is 19.8 Å². The SMILES string of the molecule is C/C(=C/c1c[n+]([O-])c(-c2ccccc2)nn1)N(C)C. The van der Waals surface area contributed by atoms with Crippen LogP contribution in [0, 0.1) is 5.21 Å². The maximum atomic E-state index is 12.0. The zero-order chi connectivity index (χ0) is 13.8. The number of allylic oxidation sites excluding steroid dienone is 1. The van der Waals surface area contributed by atoms with E-state index in [9.17, 15) is 5.21 Å². The summed E-state index contributed by atoms with van der Waals surface area (Å²) in [6.07, 6.45) is 3.25. The third kappa shape index (κ3) is 3.07. The summed E-state index contributed by atoms with van der Waals surface area (Å²) >= 11 is 0. The summed E-state index contributed by atoms with van der Waals surface area (Å²) in [6, 6.07) is 9.28. The van der Waals surface area contributed by atoms with Crippen LogP contribution in [0.3, 0.4) is 0 Å². The van der Waals surface area contributed by atoms with Crippen LogP contribution in [0.4, 0.5) is 0 Å². The Labute approximate surface area is 112 Å². The molecule has 0 unspecified atom stereocenters. The molecule has 0 bridgehead atoms. The molecule has 0 atom stereocenters. The number of benzene rings is 1. The van der Waals surface area contributed by atoms with Gasteiger partial charge >= 0.3 is 5.82 Å². The second-order valence-corrected chi connectivity index (χ2v) is 4.45. The van der Waals surface area contributed by atoms with Gasteiger partial charge in [0.05, 0.1) is 10.7 Å². The third-order valence-electron chi connectivity index (χ3n) is 2.81. The maximum Gasteiger partial charge on any atom is 0.360 e. The van der Waals surface area contributed by atoms with E-state index >= 15 is 0 Å². The molecule has 2 aromatic rings. The van der Waals surface area contributed by atoms with E-state index in [4.69, 9.17) is 0 Å². The molecule has 5 nitrogen and oxygen atoms in total. The summed E-state index contributed by atoms with van der Waals surface area (Å²) in [5.41, 5.74) is 2.30. The highest BCUT2D eigenvalue weighted by atomic mass is 16.5. The van der Waals surface area contributed by atoms with Crippen LogP contribution in [0.1, 0.15) is 12.6 Å². The highest BCUT2D eigenvalue weighted by molar-refractivity contribution is 5.52. The topological polar surface area (TPSA) is 56.0 Å². The smallest absolute Gasteiger partial charge is 0.360 e. The minimum atomic E-state index is 0.306. The molecule has 1 aromatic heterocycles. The summed E-state index contributed by atoms with van der Waals surface area (Å²) in [7, 11) is 3.87. The van der Waals surface area contributed by atoms with Gasteiger partial charge in [-0.3, -0.25) is 0 Å². The first-order valence-electron chi connectivity index (χ1n) is 5.96. The Bertz CT molecular complexity index is 594. The number of hydrogen-bond donors (Lipinski definition) is 0. The highest BCUT2D eigenvalue weighted by Crippen LogP contribution is 2.11. The highest BCUT2D eigenvalue weighted by Gasteiger charge is 2.12. The fraction of sp³-hybridized carbons (Fsp3) is 0.214. The molecule has 0 N–H and O–H groups in total. The molecule has 1 aromatic carbocycles. The second kappa shape index (κ2) is 5.48. The van der Waals surface area contributed by atoms with Gasteiger partial charge in [0.15, 0.2) is 5.69 Å². The van der Waals surface area contributed by atoms with Gasteiger partial charge in [-0.05, 0) is 30.2 Å². The molecule has 0 fully saturated rings. The van der Waals surface area contributed by atoms with E-state index in [-0.39, 0.29) is 0 Å². The van der Waals surface area contributed by atoms with Gasteiger partial charge < -0.3 is 10.1 Å². The van der Waals surface area contributed by atoms with Crippen molar-refractivity contribution in [3.05, 3.63) is 53.1 Å². The number of rotatable bonds is 3. The van der Waals surface area contributed by atoms with Crippen molar-refractivity contribution in [3.63, 3.8) is 0 Å². The van der Waals surface area contributed by atoms with Crippen molar-refractivity contribution in [1.82, 2.24) is 15.1 Å². The van der Waals surface area contributed by atoms with Crippen molar-refractivity contribution in [1.29, 1.82) is 0 Å². The lowest BCUT2D eigenvalue weighted by atomic mass is 10.2. The molecular weight excluding hydrogens is 240 g/mol. The predicted octanol–water partition coefficient (Wildman–Crippen LogP) is 1.70. The van der Waals surface area contributed by atoms with Crippen molar-refractivity contribution in [2.24, 2.45) is 0 Å². The van der Waals surface area contributed by atoms with Gasteiger partial charge in [-0.15, -0.1) is 0 Å². The first-order valence-corrected chi connectivity index (χ1v) is 5.96. The standard InChI is InChI=1S/C14H16N4O/c1-11(17(2)3)9-13-10-18(19)14(16-15-13)12-7-5-4-6-8-12/h4-10H,1-3H3/b11-9-. The Morgan fingerprint density at radius 2 is 1.89 bits per heavy atom. The van der Waals surface area contributed by atoms with Gasteiger partial charge in [-0.2, -0.15) is 0 Å². The average molecular weight is 256 g/mol. The predicted molar refractivity (Wildman–Crippen MR) is 73.8 cm³/mol. The minimum Gasteiger partial charge on any atom is -0.710 e. The molecule has 0 aliphatic carbocycles. The van der Waals surface area contributed by atoms with Gasteiger partial charge in [-0.25, -0.2) is 4.73 Å². The van der Waals surface area contributed by atoms with Crippen LogP contribution in [0.2, 0.25) is 0 Å². The lowest BCUT2D eigenvalue weighted by Gasteiger charge is -2.12. The summed E-state index contributed by atoms with van der Waals surface area (Å²) in [4.78, 5) is 1.95. The number of hydrogen-bond acceptors (Lipinski definition) is 4. The normalized spacial score (nSPS) is 11.4. The Hall–Kier alpha value is -2.43. The molecule has 98 valence electrons. The van der Waals surface area contributed by atoms with E-state index in [0.29, 0.717) is 11.5 Å². The van der Waals surface area contributed by atoms with Gasteiger partial charge in [0.2, 0.25) is 0 Å². The molecule has 0 aliphatic heterocycles. The van der Waals surface area contributed by atoms with Crippen LogP contribution in [0.15, 0.2) is 42.2 Å². The third-order valence-corrected chi connectivity index (χ3v) is 2.81. The fourth-order valence-corrected chi connectivity index (χ4v) is 1.54. The summed E-state index contributed by atoms with van der Waals surface area (Å²) in [5.74, 6) is 0.306. The molecule has 0 amide bonds. The molecule has 0 aliphatic rings. The zero-order valence-electron chi connectivity index (χ0n) is 11.2. The van der Waals surface area contributed by atoms with Gasteiger partial charge in [0.25, 0.3) is 0 Å². The van der Waals surface area contributed by atoms with Crippen LogP contribution in [0.25, 0.3) is 17.5 Å². The van der Waals surface area contributed by atoms with E-state index in [1.165, 1.54) is 6.20 Å². The first-order chi connectivity index (χ1) is 9.08. The van der Waals surface area contributed by atoms with E-state index < -0.39 is 0 Å². The van der Waals surface area contributed by atoms with Crippen molar-refractivity contribution < 1.29 is 4.73 Å². The van der Waals surface area contributed by atoms with Gasteiger partial charge in [-0.1, -0.05) is 18.2 Å². The fourth-order valence-electron chi connectivity index (χ4n) is 1.54. The van der Waals surface area contributed by atoms with E-state index in [1.54, 1.807) is 0 Å². The molecule has 19 heavy (non-hydrogen) atoms. The van der Waals surface area contributed by atoms with Crippen LogP contribution >= 0.6 is 0 Å². The lowest BCUT2D eigenvalue weighted by Crippen LogP contribution is -2.31. The van der Waals surface area contributed by atoms with Crippen LogP contribution in [-0.2, 0) is 0 Å². The van der Waals surface area contributed by atoms with Crippen LogP contribution in [-0.4, -0.2) is 29.2 Å². The zero-order valence-corrected chi connectivity index (χ0v) is 11.2. The average Bonchev–Trinajstić information content (AvgIpc) is 2.39.